The van der Waals surface area contributed by atoms with Gasteiger partial charge in [-0.05, 0) is 26.0 Å². The minimum atomic E-state index is -1.48. The summed E-state index contributed by atoms with van der Waals surface area (Å²) in [5.41, 5.74) is -1.36. The van der Waals surface area contributed by atoms with Crippen LogP contribution in [0.25, 0.3) is 11.0 Å². The van der Waals surface area contributed by atoms with Gasteiger partial charge in [0, 0.05) is 23.1 Å². The van der Waals surface area contributed by atoms with E-state index in [1.54, 1.807) is 12.1 Å². The Kier molecular flexibility index (Phi) is 4.04. The minimum Gasteiger partial charge on any atom is -0.496 e. The Bertz CT molecular complexity index is 697. The van der Waals surface area contributed by atoms with Crippen LogP contribution >= 0.6 is 0 Å². The monoisotopic (exact) mass is 294 g/mol. The number of aliphatic hydroxyl groups is 3. The smallest absolute Gasteiger partial charge is 0.336 e. The van der Waals surface area contributed by atoms with E-state index in [0.717, 1.165) is 0 Å². The molecule has 0 bridgehead atoms. The van der Waals surface area contributed by atoms with Crippen molar-refractivity contribution < 1.29 is 24.5 Å². The Morgan fingerprint density at radius 1 is 1.24 bits per heavy atom. The molecule has 2 rings (SSSR count). The zero-order valence-electron chi connectivity index (χ0n) is 12.0. The van der Waals surface area contributed by atoms with E-state index in [4.69, 9.17) is 9.15 Å². The predicted molar refractivity (Wildman–Crippen MR) is 76.3 cm³/mol. The second-order valence-electron chi connectivity index (χ2n) is 5.43. The number of fused-ring (bicyclic) bond motifs is 1. The Balaban J connectivity index is 2.57. The summed E-state index contributed by atoms with van der Waals surface area (Å²) < 4.78 is 10.2. The van der Waals surface area contributed by atoms with E-state index in [0.29, 0.717) is 16.5 Å². The lowest BCUT2D eigenvalue weighted by molar-refractivity contribution is -0.107. The van der Waals surface area contributed by atoms with Crippen molar-refractivity contribution in [1.29, 1.82) is 0 Å². The third-order valence-corrected chi connectivity index (χ3v) is 3.31. The molecular formula is C15H18O6. The first-order valence-electron chi connectivity index (χ1n) is 6.44. The average molecular weight is 294 g/mol. The Labute approximate surface area is 121 Å². The van der Waals surface area contributed by atoms with Crippen molar-refractivity contribution in [3.8, 4) is 5.75 Å². The first-order valence-corrected chi connectivity index (χ1v) is 6.44. The van der Waals surface area contributed by atoms with Gasteiger partial charge in [-0.15, -0.1) is 0 Å². The fourth-order valence-corrected chi connectivity index (χ4v) is 2.08. The van der Waals surface area contributed by atoms with Crippen molar-refractivity contribution in [3.05, 3.63) is 40.2 Å². The molecule has 1 aromatic carbocycles. The maximum Gasteiger partial charge on any atom is 0.336 e. The molecule has 1 heterocycles. The number of benzene rings is 1. The van der Waals surface area contributed by atoms with Crippen LogP contribution in [0, 0.1) is 0 Å². The highest BCUT2D eigenvalue weighted by molar-refractivity contribution is 5.79. The van der Waals surface area contributed by atoms with Crippen LogP contribution < -0.4 is 10.4 Å². The van der Waals surface area contributed by atoms with E-state index < -0.39 is 23.4 Å². The summed E-state index contributed by atoms with van der Waals surface area (Å²) >= 11 is 0. The van der Waals surface area contributed by atoms with Gasteiger partial charge in [0.1, 0.15) is 23.5 Å². The van der Waals surface area contributed by atoms with Crippen molar-refractivity contribution in [2.45, 2.75) is 31.7 Å². The normalized spacial score (nSPS) is 15.0. The minimum absolute atomic E-state index is 0.257. The summed E-state index contributed by atoms with van der Waals surface area (Å²) in [4.78, 5) is 11.2. The van der Waals surface area contributed by atoms with Crippen molar-refractivity contribution in [1.82, 2.24) is 0 Å². The third kappa shape index (κ3) is 3.07. The molecule has 2 aromatic rings. The van der Waals surface area contributed by atoms with E-state index in [1.807, 2.05) is 0 Å². The molecule has 0 aliphatic rings. The predicted octanol–water partition coefficient (Wildman–Crippen LogP) is 0.967. The number of rotatable bonds is 4. The molecule has 6 nitrogen and oxygen atoms in total. The molecule has 0 unspecified atom stereocenters. The molecule has 2 atom stereocenters. The lowest BCUT2D eigenvalue weighted by Crippen LogP contribution is -2.40. The van der Waals surface area contributed by atoms with Crippen LogP contribution in [0.15, 0.2) is 33.5 Å². The highest BCUT2D eigenvalue weighted by Crippen LogP contribution is 2.34. The lowest BCUT2D eigenvalue weighted by Gasteiger charge is -2.29. The fourth-order valence-electron chi connectivity index (χ4n) is 2.08. The van der Waals surface area contributed by atoms with Crippen molar-refractivity contribution in [3.63, 3.8) is 0 Å². The number of methoxy groups -OCH3 is 1. The van der Waals surface area contributed by atoms with Crippen LogP contribution in [0.5, 0.6) is 5.75 Å². The summed E-state index contributed by atoms with van der Waals surface area (Å²) in [6.07, 6.45) is -2.75. The second kappa shape index (κ2) is 5.48. The van der Waals surface area contributed by atoms with E-state index in [2.05, 4.69) is 0 Å². The number of aliphatic hydroxyl groups excluding tert-OH is 2. The van der Waals surface area contributed by atoms with Crippen LogP contribution in [0.3, 0.4) is 0 Å². The first-order chi connectivity index (χ1) is 9.74. The molecular weight excluding hydrogens is 276 g/mol. The molecule has 1 aromatic heterocycles. The van der Waals surface area contributed by atoms with Crippen LogP contribution in [-0.2, 0) is 0 Å². The quantitative estimate of drug-likeness (QED) is 0.726. The van der Waals surface area contributed by atoms with Crippen LogP contribution in [0.2, 0.25) is 0 Å². The molecule has 6 heteroatoms. The van der Waals surface area contributed by atoms with Gasteiger partial charge in [-0.3, -0.25) is 0 Å². The molecule has 0 aliphatic carbocycles. The molecule has 0 radical (unpaired) electrons. The highest BCUT2D eigenvalue weighted by atomic mass is 16.5. The van der Waals surface area contributed by atoms with Gasteiger partial charge in [-0.25, -0.2) is 4.79 Å². The average Bonchev–Trinajstić information content (AvgIpc) is 2.43. The van der Waals surface area contributed by atoms with Crippen molar-refractivity contribution >= 4 is 11.0 Å². The molecule has 0 spiro atoms. The topological polar surface area (TPSA) is 100 Å². The van der Waals surface area contributed by atoms with E-state index in [-0.39, 0.29) is 5.75 Å². The largest absolute Gasteiger partial charge is 0.496 e. The Morgan fingerprint density at radius 3 is 2.48 bits per heavy atom. The molecule has 0 fully saturated rings. The van der Waals surface area contributed by atoms with Gasteiger partial charge in [0.15, 0.2) is 0 Å². The van der Waals surface area contributed by atoms with Gasteiger partial charge >= 0.3 is 5.63 Å². The SMILES string of the molecule is COc1cc2oc(=O)ccc2cc1[C@H](O)[C@@H](O)C(C)(C)O. The fraction of sp³-hybridized carbons (Fsp3) is 0.400. The summed E-state index contributed by atoms with van der Waals surface area (Å²) in [6.45, 7) is 2.79. The van der Waals surface area contributed by atoms with Crippen molar-refractivity contribution in [2.24, 2.45) is 0 Å². The molecule has 0 aliphatic heterocycles. The summed E-state index contributed by atoms with van der Waals surface area (Å²) in [5, 5.41) is 30.7. The van der Waals surface area contributed by atoms with Gasteiger partial charge in [-0.2, -0.15) is 0 Å². The third-order valence-electron chi connectivity index (χ3n) is 3.31. The molecule has 0 amide bonds. The van der Waals surface area contributed by atoms with Gasteiger partial charge in [0.2, 0.25) is 0 Å². The van der Waals surface area contributed by atoms with Crippen molar-refractivity contribution in [2.75, 3.05) is 7.11 Å². The molecule has 0 saturated heterocycles. The Hall–Kier alpha value is -1.89. The van der Waals surface area contributed by atoms with Gasteiger partial charge in [0.25, 0.3) is 0 Å². The first kappa shape index (κ1) is 15.5. The van der Waals surface area contributed by atoms with E-state index in [9.17, 15) is 20.1 Å². The molecule has 0 saturated carbocycles. The highest BCUT2D eigenvalue weighted by Gasteiger charge is 2.33. The molecule has 3 N–H and O–H groups in total. The molecule has 21 heavy (non-hydrogen) atoms. The maximum atomic E-state index is 11.2. The number of hydrogen-bond acceptors (Lipinski definition) is 6. The van der Waals surface area contributed by atoms with E-state index >= 15 is 0 Å². The standard InChI is InChI=1S/C15H18O6/c1-15(2,19)14(18)13(17)9-6-8-4-5-12(16)21-10(8)7-11(9)20-3/h4-7,13-14,17-19H,1-3H3/t13-,14+/m0/s1. The number of hydrogen-bond donors (Lipinski definition) is 3. The van der Waals surface area contributed by atoms with Gasteiger partial charge in [-0.1, -0.05) is 0 Å². The van der Waals surface area contributed by atoms with Gasteiger partial charge < -0.3 is 24.5 Å². The Morgan fingerprint density at radius 2 is 1.90 bits per heavy atom. The van der Waals surface area contributed by atoms with Crippen LogP contribution in [0.4, 0.5) is 0 Å². The lowest BCUT2D eigenvalue weighted by atomic mass is 9.91. The maximum absolute atomic E-state index is 11.2. The summed E-state index contributed by atoms with van der Waals surface area (Å²) in [5.74, 6) is 0.257. The summed E-state index contributed by atoms with van der Waals surface area (Å²) in [7, 11) is 1.40. The van der Waals surface area contributed by atoms with E-state index in [1.165, 1.54) is 33.1 Å². The number of ether oxygens (including phenoxy) is 1. The second-order valence-corrected chi connectivity index (χ2v) is 5.43. The van der Waals surface area contributed by atoms with Crippen LogP contribution in [-0.4, -0.2) is 34.1 Å². The van der Waals surface area contributed by atoms with Crippen LogP contribution in [0.1, 0.15) is 25.5 Å². The van der Waals surface area contributed by atoms with Gasteiger partial charge in [0.05, 0.1) is 12.7 Å². The zero-order valence-corrected chi connectivity index (χ0v) is 12.0. The zero-order chi connectivity index (χ0) is 15.8. The summed E-state index contributed by atoms with van der Waals surface area (Å²) in [6, 6.07) is 5.83. The molecule has 114 valence electrons.